The minimum absolute atomic E-state index is 0.160. The lowest BCUT2D eigenvalue weighted by molar-refractivity contribution is -0.144. The molecule has 0 saturated carbocycles. The third-order valence-corrected chi connectivity index (χ3v) is 3.67. The van der Waals surface area contributed by atoms with E-state index in [2.05, 4.69) is 28.7 Å². The molecule has 0 fully saturated rings. The van der Waals surface area contributed by atoms with Gasteiger partial charge in [-0.05, 0) is 40.0 Å². The molecule has 0 saturated heterocycles. The van der Waals surface area contributed by atoms with E-state index < -0.39 is 11.5 Å². The van der Waals surface area contributed by atoms with Crippen LogP contribution in [-0.4, -0.2) is 32.2 Å². The number of nitrogens with one attached hydrogen (secondary N) is 1. The van der Waals surface area contributed by atoms with Crippen molar-refractivity contribution in [2.24, 2.45) is 0 Å². The molecule has 120 valence electrons. The molecule has 0 radical (unpaired) electrons. The van der Waals surface area contributed by atoms with Crippen molar-refractivity contribution in [2.75, 3.05) is 0 Å². The van der Waals surface area contributed by atoms with Crippen molar-refractivity contribution in [3.05, 3.63) is 18.2 Å². The minimum Gasteiger partial charge on any atom is -0.480 e. The number of aliphatic carboxylic acids is 1. The summed E-state index contributed by atoms with van der Waals surface area (Å²) in [5.41, 5.74) is -0.843. The normalized spacial score (nSPS) is 14.6. The number of hydrogen-bond donors (Lipinski definition) is 2. The monoisotopic (exact) mass is 295 g/mol. The maximum absolute atomic E-state index is 11.4. The van der Waals surface area contributed by atoms with Crippen LogP contribution < -0.4 is 5.32 Å². The molecule has 0 aliphatic rings. The van der Waals surface area contributed by atoms with Crippen molar-refractivity contribution in [3.8, 4) is 0 Å². The second-order valence-electron chi connectivity index (χ2n) is 6.53. The quantitative estimate of drug-likeness (QED) is 0.687. The van der Waals surface area contributed by atoms with E-state index >= 15 is 0 Å². The molecule has 1 rings (SSSR count). The highest BCUT2D eigenvalue weighted by molar-refractivity contribution is 5.78. The summed E-state index contributed by atoms with van der Waals surface area (Å²) in [5, 5.41) is 12.6. The molecule has 5 nitrogen and oxygen atoms in total. The summed E-state index contributed by atoms with van der Waals surface area (Å²) in [5.74, 6) is 0.727. The van der Waals surface area contributed by atoms with Crippen molar-refractivity contribution in [1.82, 2.24) is 14.9 Å². The first kappa shape index (κ1) is 17.7. The topological polar surface area (TPSA) is 67.2 Å². The molecule has 21 heavy (non-hydrogen) atoms. The maximum Gasteiger partial charge on any atom is 0.323 e. The van der Waals surface area contributed by atoms with Gasteiger partial charge in [0.1, 0.15) is 11.4 Å². The number of nitrogens with zero attached hydrogens (tertiary/aromatic N) is 2. The number of carboxylic acid groups (broad SMARTS) is 1. The molecule has 0 amide bonds. The lowest BCUT2D eigenvalue weighted by Crippen LogP contribution is -2.52. The average molecular weight is 295 g/mol. The first-order valence-electron chi connectivity index (χ1n) is 7.78. The van der Waals surface area contributed by atoms with Crippen LogP contribution in [0.4, 0.5) is 0 Å². The number of aromatic nitrogens is 2. The zero-order valence-corrected chi connectivity index (χ0v) is 13.9. The third kappa shape index (κ3) is 5.16. The van der Waals surface area contributed by atoms with E-state index in [-0.39, 0.29) is 6.04 Å². The van der Waals surface area contributed by atoms with E-state index in [9.17, 15) is 9.90 Å². The highest BCUT2D eigenvalue weighted by Crippen LogP contribution is 2.17. The zero-order valence-electron chi connectivity index (χ0n) is 13.9. The molecule has 0 aromatic carbocycles. The summed E-state index contributed by atoms with van der Waals surface area (Å²) in [4.78, 5) is 15.8. The number of carboxylic acids is 1. The van der Waals surface area contributed by atoms with Crippen LogP contribution >= 0.6 is 0 Å². The molecule has 2 N–H and O–H groups in total. The summed E-state index contributed by atoms with van der Waals surface area (Å²) >= 11 is 0. The number of carbonyl (C=O) groups is 1. The predicted octanol–water partition coefficient (Wildman–Crippen LogP) is 3.02. The van der Waals surface area contributed by atoms with Gasteiger partial charge in [-0.25, -0.2) is 4.98 Å². The molecular formula is C16H29N3O2. The first-order chi connectivity index (χ1) is 9.76. The fourth-order valence-electron chi connectivity index (χ4n) is 2.65. The summed E-state index contributed by atoms with van der Waals surface area (Å²) in [6.07, 6.45) is 6.29. The van der Waals surface area contributed by atoms with Crippen LogP contribution in [0.1, 0.15) is 65.6 Å². The van der Waals surface area contributed by atoms with Crippen LogP contribution in [0.2, 0.25) is 0 Å². The van der Waals surface area contributed by atoms with Gasteiger partial charge in [-0.15, -0.1) is 0 Å². The number of hydrogen-bond acceptors (Lipinski definition) is 3. The second-order valence-corrected chi connectivity index (χ2v) is 6.53. The fraction of sp³-hybridized carbons (Fsp3) is 0.750. The third-order valence-electron chi connectivity index (χ3n) is 3.67. The van der Waals surface area contributed by atoms with Crippen LogP contribution in [-0.2, 0) is 11.3 Å². The highest BCUT2D eigenvalue weighted by atomic mass is 16.4. The van der Waals surface area contributed by atoms with E-state index in [1.54, 1.807) is 6.92 Å². The van der Waals surface area contributed by atoms with Gasteiger partial charge in [0, 0.05) is 30.9 Å². The Morgan fingerprint density at radius 1 is 1.38 bits per heavy atom. The number of rotatable bonds is 9. The highest BCUT2D eigenvalue weighted by Gasteiger charge is 2.32. The Morgan fingerprint density at radius 3 is 2.57 bits per heavy atom. The molecule has 1 aromatic rings. The van der Waals surface area contributed by atoms with Crippen LogP contribution in [0, 0.1) is 0 Å². The Bertz CT molecular complexity index is 454. The fourth-order valence-corrected chi connectivity index (χ4v) is 2.65. The van der Waals surface area contributed by atoms with Gasteiger partial charge in [-0.2, -0.15) is 0 Å². The number of aryl methyl sites for hydroxylation is 1. The van der Waals surface area contributed by atoms with E-state index in [1.807, 2.05) is 26.2 Å². The van der Waals surface area contributed by atoms with Crippen molar-refractivity contribution in [2.45, 2.75) is 77.9 Å². The maximum atomic E-state index is 11.4. The summed E-state index contributed by atoms with van der Waals surface area (Å²) in [7, 11) is 0. The summed E-state index contributed by atoms with van der Waals surface area (Å²) in [6, 6.07) is 0.160. The Hall–Kier alpha value is -1.36. The average Bonchev–Trinajstić information content (AvgIpc) is 2.82. The molecular weight excluding hydrogens is 266 g/mol. The molecule has 0 bridgehead atoms. The molecule has 1 heterocycles. The molecule has 0 spiro atoms. The molecule has 1 unspecified atom stereocenters. The van der Waals surface area contributed by atoms with Gasteiger partial charge < -0.3 is 9.67 Å². The SMILES string of the molecule is CC(C)NC(C)(CCCCn1ccnc1C(C)C)C(=O)O. The predicted molar refractivity (Wildman–Crippen MR) is 84.5 cm³/mol. The first-order valence-corrected chi connectivity index (χ1v) is 7.78. The Balaban J connectivity index is 2.48. The minimum atomic E-state index is -0.843. The molecule has 1 atom stereocenters. The van der Waals surface area contributed by atoms with Gasteiger partial charge in [-0.3, -0.25) is 10.1 Å². The van der Waals surface area contributed by atoms with Gasteiger partial charge in [0.15, 0.2) is 0 Å². The van der Waals surface area contributed by atoms with Crippen molar-refractivity contribution < 1.29 is 9.90 Å². The van der Waals surface area contributed by atoms with Crippen molar-refractivity contribution in [1.29, 1.82) is 0 Å². The summed E-state index contributed by atoms with van der Waals surface area (Å²) < 4.78 is 2.17. The number of imidazole rings is 1. The largest absolute Gasteiger partial charge is 0.480 e. The standard InChI is InChI=1S/C16H29N3O2/c1-12(2)14-17-9-11-19(14)10-7-6-8-16(5,15(20)21)18-13(3)4/h9,11-13,18H,6-8,10H2,1-5H3,(H,20,21). The molecule has 0 aliphatic heterocycles. The van der Waals surface area contributed by atoms with E-state index in [0.29, 0.717) is 12.3 Å². The van der Waals surface area contributed by atoms with Gasteiger partial charge in [0.2, 0.25) is 0 Å². The van der Waals surface area contributed by atoms with Gasteiger partial charge in [0.05, 0.1) is 0 Å². The Labute approximate surface area is 127 Å². The molecule has 5 heteroatoms. The second kappa shape index (κ2) is 7.59. The Morgan fingerprint density at radius 2 is 2.05 bits per heavy atom. The van der Waals surface area contributed by atoms with E-state index in [1.165, 1.54) is 0 Å². The smallest absolute Gasteiger partial charge is 0.323 e. The van der Waals surface area contributed by atoms with Crippen molar-refractivity contribution in [3.63, 3.8) is 0 Å². The lowest BCUT2D eigenvalue weighted by atomic mass is 9.94. The summed E-state index contributed by atoms with van der Waals surface area (Å²) in [6.45, 7) is 10.9. The van der Waals surface area contributed by atoms with Gasteiger partial charge >= 0.3 is 5.97 Å². The van der Waals surface area contributed by atoms with E-state index in [0.717, 1.165) is 25.2 Å². The zero-order chi connectivity index (χ0) is 16.0. The lowest BCUT2D eigenvalue weighted by Gasteiger charge is -2.28. The number of unbranched alkanes of at least 4 members (excludes halogenated alkanes) is 1. The van der Waals surface area contributed by atoms with E-state index in [4.69, 9.17) is 0 Å². The van der Waals surface area contributed by atoms with Crippen molar-refractivity contribution >= 4 is 5.97 Å². The van der Waals surface area contributed by atoms with Crippen LogP contribution in [0.15, 0.2) is 12.4 Å². The Kier molecular flexibility index (Phi) is 6.40. The van der Waals surface area contributed by atoms with Crippen LogP contribution in [0.25, 0.3) is 0 Å². The van der Waals surface area contributed by atoms with Gasteiger partial charge in [-0.1, -0.05) is 13.8 Å². The molecule has 0 aliphatic carbocycles. The van der Waals surface area contributed by atoms with Crippen LogP contribution in [0.3, 0.4) is 0 Å². The van der Waals surface area contributed by atoms with Gasteiger partial charge in [0.25, 0.3) is 0 Å². The molecule has 1 aromatic heterocycles. The van der Waals surface area contributed by atoms with Crippen LogP contribution in [0.5, 0.6) is 0 Å².